The van der Waals surface area contributed by atoms with Crippen LogP contribution in [0, 0.1) is 0 Å². The summed E-state index contributed by atoms with van der Waals surface area (Å²) in [5.41, 5.74) is 5.94. The molecule has 0 aliphatic carbocycles. The van der Waals surface area contributed by atoms with E-state index in [1.165, 1.54) is 23.5 Å². The van der Waals surface area contributed by atoms with Gasteiger partial charge in [0.15, 0.2) is 5.96 Å². The molecule has 1 aliphatic heterocycles. The summed E-state index contributed by atoms with van der Waals surface area (Å²) >= 11 is 3.22. The number of aliphatic imine (C=N–C) groups is 1. The Hall–Kier alpha value is -2.88. The lowest BCUT2D eigenvalue weighted by Gasteiger charge is -2.32. The third kappa shape index (κ3) is 3.54. The molecule has 2 aromatic heterocycles. The second kappa shape index (κ2) is 6.79. The normalized spacial score (nSPS) is 19.9. The van der Waals surface area contributed by atoms with Crippen LogP contribution in [0.4, 0.5) is 5.69 Å². The van der Waals surface area contributed by atoms with E-state index in [1.54, 1.807) is 26.1 Å². The first kappa shape index (κ1) is 17.9. The molecular formula is C16H16BrN7O2. The van der Waals surface area contributed by atoms with Gasteiger partial charge in [0.2, 0.25) is 11.7 Å². The molecule has 0 saturated carbocycles. The number of hydrogen-bond donors (Lipinski definition) is 2. The van der Waals surface area contributed by atoms with Crippen LogP contribution in [-0.2, 0) is 10.3 Å². The van der Waals surface area contributed by atoms with E-state index < -0.39 is 11.4 Å². The van der Waals surface area contributed by atoms with Crippen LogP contribution in [0.3, 0.4) is 0 Å². The second-order valence-corrected chi connectivity index (χ2v) is 6.90. The minimum Gasteiger partial charge on any atom is -0.369 e. The topological polar surface area (TPSA) is 126 Å². The Kier molecular flexibility index (Phi) is 4.68. The Morgan fingerprint density at radius 3 is 2.69 bits per heavy atom. The molecular weight excluding hydrogens is 402 g/mol. The van der Waals surface area contributed by atoms with Crippen LogP contribution in [0.25, 0.3) is 0 Å². The fourth-order valence-corrected chi connectivity index (χ4v) is 2.68. The van der Waals surface area contributed by atoms with Crippen molar-refractivity contribution >= 4 is 39.4 Å². The summed E-state index contributed by atoms with van der Waals surface area (Å²) in [6.07, 6.45) is 4.64. The Morgan fingerprint density at radius 1 is 1.35 bits per heavy atom. The molecule has 26 heavy (non-hydrogen) atoms. The number of hydrogen-bond acceptors (Lipinski definition) is 7. The van der Waals surface area contributed by atoms with Gasteiger partial charge in [-0.15, -0.1) is 0 Å². The van der Waals surface area contributed by atoms with E-state index in [2.05, 4.69) is 41.2 Å². The van der Waals surface area contributed by atoms with Crippen molar-refractivity contribution in [1.82, 2.24) is 19.9 Å². The highest BCUT2D eigenvalue weighted by Crippen LogP contribution is 2.32. The lowest BCUT2D eigenvalue weighted by Crippen LogP contribution is -2.47. The van der Waals surface area contributed by atoms with Crippen LogP contribution in [0.1, 0.15) is 29.7 Å². The molecule has 10 heteroatoms. The molecule has 9 nitrogen and oxygen atoms in total. The minimum absolute atomic E-state index is 0.0366. The highest BCUT2D eigenvalue weighted by Gasteiger charge is 2.37. The predicted molar refractivity (Wildman–Crippen MR) is 98.3 cm³/mol. The van der Waals surface area contributed by atoms with Gasteiger partial charge in [0.05, 0.1) is 16.6 Å². The van der Waals surface area contributed by atoms with Crippen LogP contribution >= 0.6 is 15.9 Å². The molecule has 1 aliphatic rings. The number of carbonyl (C=O) groups is 2. The van der Waals surface area contributed by atoms with Crippen LogP contribution < -0.4 is 11.1 Å². The van der Waals surface area contributed by atoms with Gasteiger partial charge in [0, 0.05) is 31.3 Å². The van der Waals surface area contributed by atoms with Crippen LogP contribution in [0.15, 0.2) is 40.2 Å². The SMILES string of the molecule is CN1C(=O)CC(C)(c2cc(NC(=O)c3ncc(Br)cn3)ccn2)N=C1N. The Morgan fingerprint density at radius 2 is 2.04 bits per heavy atom. The summed E-state index contributed by atoms with van der Waals surface area (Å²) in [6.45, 7) is 1.77. The Labute approximate surface area is 157 Å². The third-order valence-electron chi connectivity index (χ3n) is 3.97. The van der Waals surface area contributed by atoms with Gasteiger partial charge < -0.3 is 11.1 Å². The molecule has 3 rings (SSSR count). The zero-order chi connectivity index (χ0) is 18.9. The van der Waals surface area contributed by atoms with E-state index in [0.29, 0.717) is 15.9 Å². The number of pyridine rings is 1. The zero-order valence-electron chi connectivity index (χ0n) is 14.1. The Balaban J connectivity index is 1.85. The summed E-state index contributed by atoms with van der Waals surface area (Å²) in [6, 6.07) is 3.29. The Bertz CT molecular complexity index is 900. The van der Waals surface area contributed by atoms with Crippen molar-refractivity contribution in [2.75, 3.05) is 12.4 Å². The summed E-state index contributed by atoms with van der Waals surface area (Å²) in [4.78, 5) is 42.3. The molecule has 3 N–H and O–H groups in total. The average molecular weight is 418 g/mol. The lowest BCUT2D eigenvalue weighted by molar-refractivity contribution is -0.128. The number of nitrogens with two attached hydrogens (primary N) is 1. The molecule has 0 aromatic carbocycles. The standard InChI is InChI=1S/C16H16BrN7O2/c1-16(6-12(25)24(2)15(18)23-16)11-5-10(3-4-19-11)22-14(26)13-20-7-9(17)8-21-13/h3-5,7-8H,6H2,1-2H3,(H2,18,23)(H,19,22,26). The van der Waals surface area contributed by atoms with Crippen molar-refractivity contribution in [2.45, 2.75) is 18.9 Å². The number of aromatic nitrogens is 3. The maximum Gasteiger partial charge on any atom is 0.293 e. The molecule has 134 valence electrons. The van der Waals surface area contributed by atoms with Crippen molar-refractivity contribution in [2.24, 2.45) is 10.7 Å². The smallest absolute Gasteiger partial charge is 0.293 e. The summed E-state index contributed by atoms with van der Waals surface area (Å²) < 4.78 is 0.676. The third-order valence-corrected chi connectivity index (χ3v) is 4.38. The first-order valence-corrected chi connectivity index (χ1v) is 8.45. The molecule has 1 unspecified atom stereocenters. The summed E-state index contributed by atoms with van der Waals surface area (Å²) in [5.74, 6) is -0.445. The molecule has 0 saturated heterocycles. The van der Waals surface area contributed by atoms with E-state index in [0.717, 1.165) is 0 Å². The predicted octanol–water partition coefficient (Wildman–Crippen LogP) is 1.28. The van der Waals surface area contributed by atoms with Gasteiger partial charge in [-0.05, 0) is 35.0 Å². The van der Waals surface area contributed by atoms with Gasteiger partial charge in [-0.25, -0.2) is 15.0 Å². The number of halogens is 1. The second-order valence-electron chi connectivity index (χ2n) is 5.98. The number of rotatable bonds is 3. The van der Waals surface area contributed by atoms with Crippen LogP contribution in [-0.4, -0.2) is 44.7 Å². The van der Waals surface area contributed by atoms with E-state index in [9.17, 15) is 9.59 Å². The number of amides is 2. The van der Waals surface area contributed by atoms with Crippen molar-refractivity contribution in [3.63, 3.8) is 0 Å². The first-order chi connectivity index (χ1) is 12.3. The molecule has 0 fully saturated rings. The van der Waals surface area contributed by atoms with Gasteiger partial charge >= 0.3 is 0 Å². The van der Waals surface area contributed by atoms with Gasteiger partial charge in [-0.1, -0.05) is 0 Å². The molecule has 1 atom stereocenters. The van der Waals surface area contributed by atoms with Gasteiger partial charge in [0.1, 0.15) is 5.54 Å². The fraction of sp³-hybridized carbons (Fsp3) is 0.250. The molecule has 0 bridgehead atoms. The zero-order valence-corrected chi connectivity index (χ0v) is 15.7. The van der Waals surface area contributed by atoms with E-state index >= 15 is 0 Å². The summed E-state index contributed by atoms with van der Waals surface area (Å²) in [7, 11) is 1.57. The van der Waals surface area contributed by atoms with Crippen molar-refractivity contribution < 1.29 is 9.59 Å². The average Bonchev–Trinajstić information content (AvgIpc) is 2.60. The molecule has 0 spiro atoms. The number of anilines is 1. The van der Waals surface area contributed by atoms with E-state index in [1.807, 2.05) is 0 Å². The van der Waals surface area contributed by atoms with E-state index in [4.69, 9.17) is 5.73 Å². The first-order valence-electron chi connectivity index (χ1n) is 7.66. The minimum atomic E-state index is -0.900. The number of carbonyl (C=O) groups excluding carboxylic acids is 2. The maximum absolute atomic E-state index is 12.3. The highest BCUT2D eigenvalue weighted by atomic mass is 79.9. The van der Waals surface area contributed by atoms with E-state index in [-0.39, 0.29) is 24.1 Å². The molecule has 3 heterocycles. The fourth-order valence-electron chi connectivity index (χ4n) is 2.48. The van der Waals surface area contributed by atoms with Crippen LogP contribution in [0.2, 0.25) is 0 Å². The number of nitrogens with zero attached hydrogens (tertiary/aromatic N) is 5. The summed E-state index contributed by atoms with van der Waals surface area (Å²) in [5, 5.41) is 2.71. The van der Waals surface area contributed by atoms with Gasteiger partial charge in [-0.3, -0.25) is 19.5 Å². The monoisotopic (exact) mass is 417 g/mol. The largest absolute Gasteiger partial charge is 0.369 e. The quantitative estimate of drug-likeness (QED) is 0.773. The van der Waals surface area contributed by atoms with Crippen molar-refractivity contribution in [3.8, 4) is 0 Å². The highest BCUT2D eigenvalue weighted by molar-refractivity contribution is 9.10. The molecule has 2 amide bonds. The molecule has 2 aromatic rings. The molecule has 0 radical (unpaired) electrons. The van der Waals surface area contributed by atoms with Crippen molar-refractivity contribution in [3.05, 3.63) is 46.7 Å². The number of nitrogens with one attached hydrogen (secondary N) is 1. The van der Waals surface area contributed by atoms with Crippen molar-refractivity contribution in [1.29, 1.82) is 0 Å². The van der Waals surface area contributed by atoms with Gasteiger partial charge in [0.25, 0.3) is 5.91 Å². The van der Waals surface area contributed by atoms with Gasteiger partial charge in [-0.2, -0.15) is 0 Å². The number of guanidine groups is 1. The lowest BCUT2D eigenvalue weighted by atomic mass is 9.91. The van der Waals surface area contributed by atoms with Crippen LogP contribution in [0.5, 0.6) is 0 Å². The maximum atomic E-state index is 12.3.